The van der Waals surface area contributed by atoms with Crippen molar-refractivity contribution in [2.45, 2.75) is 65.1 Å². The van der Waals surface area contributed by atoms with E-state index in [2.05, 4.69) is 33.0 Å². The second-order valence-electron chi connectivity index (χ2n) is 5.99. The Morgan fingerprint density at radius 1 is 1.27 bits per heavy atom. The fraction of sp³-hybridized carbons (Fsp3) is 1.00. The van der Waals surface area contributed by atoms with Gasteiger partial charge in [0.1, 0.15) is 0 Å². The van der Waals surface area contributed by atoms with E-state index < -0.39 is 0 Å². The monoisotopic (exact) mass is 211 g/mol. The Kier molecular flexibility index (Phi) is 3.09. The van der Waals surface area contributed by atoms with Crippen molar-refractivity contribution in [1.29, 1.82) is 0 Å². The Morgan fingerprint density at radius 3 is 2.40 bits per heavy atom. The number of hydrogen-bond donors (Lipinski definition) is 1. The molecular formula is C13H25NO. The van der Waals surface area contributed by atoms with Crippen molar-refractivity contribution in [3.8, 4) is 0 Å². The van der Waals surface area contributed by atoms with Crippen LogP contribution in [0, 0.1) is 11.3 Å². The van der Waals surface area contributed by atoms with Crippen molar-refractivity contribution in [3.05, 3.63) is 0 Å². The van der Waals surface area contributed by atoms with Gasteiger partial charge in [-0.05, 0) is 32.1 Å². The normalized spacial score (nSPS) is 43.2. The van der Waals surface area contributed by atoms with Crippen molar-refractivity contribution < 1.29 is 4.74 Å². The molecule has 2 heteroatoms. The molecular weight excluding hydrogens is 186 g/mol. The first-order chi connectivity index (χ1) is 7.04. The third-order valence-electron chi connectivity index (χ3n) is 4.36. The van der Waals surface area contributed by atoms with Gasteiger partial charge in [-0.15, -0.1) is 0 Å². The molecule has 0 radical (unpaired) electrons. The molecule has 2 aliphatic rings. The van der Waals surface area contributed by atoms with Gasteiger partial charge in [0, 0.05) is 24.1 Å². The quantitative estimate of drug-likeness (QED) is 0.771. The Hall–Kier alpha value is -0.0800. The molecule has 0 aromatic rings. The molecule has 2 fully saturated rings. The van der Waals surface area contributed by atoms with Crippen LogP contribution in [0.3, 0.4) is 0 Å². The average molecular weight is 211 g/mol. The molecule has 2 atom stereocenters. The molecule has 15 heavy (non-hydrogen) atoms. The van der Waals surface area contributed by atoms with Crippen LogP contribution in [0.5, 0.6) is 0 Å². The number of rotatable bonds is 4. The smallest absolute Gasteiger partial charge is 0.0655 e. The van der Waals surface area contributed by atoms with E-state index in [0.717, 1.165) is 18.6 Å². The van der Waals surface area contributed by atoms with Gasteiger partial charge >= 0.3 is 0 Å². The highest BCUT2D eigenvalue weighted by Gasteiger charge is 2.49. The lowest BCUT2D eigenvalue weighted by molar-refractivity contribution is -0.119. The summed E-state index contributed by atoms with van der Waals surface area (Å²) in [5.41, 5.74) is 0.328. The zero-order valence-electron chi connectivity index (χ0n) is 10.5. The van der Waals surface area contributed by atoms with Crippen molar-refractivity contribution >= 4 is 0 Å². The molecule has 0 aromatic carbocycles. The van der Waals surface area contributed by atoms with E-state index in [-0.39, 0.29) is 0 Å². The van der Waals surface area contributed by atoms with Crippen LogP contribution >= 0.6 is 0 Å². The number of hydrogen-bond acceptors (Lipinski definition) is 2. The summed E-state index contributed by atoms with van der Waals surface area (Å²) >= 11 is 0. The molecule has 0 aromatic heterocycles. The lowest BCUT2D eigenvalue weighted by Gasteiger charge is -2.54. The van der Waals surface area contributed by atoms with Crippen LogP contribution in [0.15, 0.2) is 0 Å². The van der Waals surface area contributed by atoms with Gasteiger partial charge < -0.3 is 10.1 Å². The molecule has 0 heterocycles. The highest BCUT2D eigenvalue weighted by molar-refractivity contribution is 5.04. The lowest BCUT2D eigenvalue weighted by Crippen LogP contribution is -2.64. The number of nitrogens with one attached hydrogen (secondary N) is 1. The van der Waals surface area contributed by atoms with Gasteiger partial charge in [-0.1, -0.05) is 20.8 Å². The first kappa shape index (κ1) is 11.4. The summed E-state index contributed by atoms with van der Waals surface area (Å²) in [4.78, 5) is 0. The molecule has 2 nitrogen and oxygen atoms in total. The van der Waals surface area contributed by atoms with Crippen LogP contribution in [0.4, 0.5) is 0 Å². The Balaban J connectivity index is 1.76. The molecule has 2 saturated carbocycles. The van der Waals surface area contributed by atoms with Gasteiger partial charge in [-0.3, -0.25) is 0 Å². The molecule has 0 aliphatic heterocycles. The average Bonchev–Trinajstić information content (AvgIpc) is 2.13. The second kappa shape index (κ2) is 4.06. The first-order valence-corrected chi connectivity index (χ1v) is 6.41. The predicted octanol–water partition coefficient (Wildman–Crippen LogP) is 2.58. The Labute approximate surface area is 93.8 Å². The topological polar surface area (TPSA) is 21.3 Å². The minimum atomic E-state index is 0.328. The maximum atomic E-state index is 5.74. The Bertz CT molecular complexity index is 221. The molecule has 2 unspecified atom stereocenters. The van der Waals surface area contributed by atoms with E-state index in [1.807, 2.05) is 0 Å². The van der Waals surface area contributed by atoms with E-state index in [1.165, 1.54) is 19.3 Å². The van der Waals surface area contributed by atoms with Crippen molar-refractivity contribution in [2.75, 3.05) is 6.61 Å². The maximum Gasteiger partial charge on any atom is 0.0655 e. The highest BCUT2D eigenvalue weighted by atomic mass is 16.5. The maximum absolute atomic E-state index is 5.74. The van der Waals surface area contributed by atoms with E-state index in [1.54, 1.807) is 0 Å². The summed E-state index contributed by atoms with van der Waals surface area (Å²) in [6.45, 7) is 9.94. The molecule has 88 valence electrons. The van der Waals surface area contributed by atoms with Gasteiger partial charge in [-0.25, -0.2) is 0 Å². The standard InChI is InChI=1S/C13H25NO/c1-5-15-12-8-11(13(12,3)4)14-10-6-9(2)7-10/h9-12,14H,5-8H2,1-4H3. The second-order valence-corrected chi connectivity index (χ2v) is 5.99. The van der Waals surface area contributed by atoms with E-state index in [4.69, 9.17) is 4.74 Å². The van der Waals surface area contributed by atoms with Crippen LogP contribution in [0.25, 0.3) is 0 Å². The van der Waals surface area contributed by atoms with E-state index >= 15 is 0 Å². The van der Waals surface area contributed by atoms with Crippen LogP contribution in [0.1, 0.15) is 47.0 Å². The third-order valence-corrected chi connectivity index (χ3v) is 4.36. The summed E-state index contributed by atoms with van der Waals surface area (Å²) in [5.74, 6) is 0.938. The van der Waals surface area contributed by atoms with Crippen LogP contribution in [0.2, 0.25) is 0 Å². The first-order valence-electron chi connectivity index (χ1n) is 6.41. The van der Waals surface area contributed by atoms with Gasteiger partial charge in [0.15, 0.2) is 0 Å². The summed E-state index contributed by atoms with van der Waals surface area (Å²) in [6.07, 6.45) is 4.40. The minimum Gasteiger partial charge on any atom is -0.378 e. The third kappa shape index (κ3) is 2.07. The SMILES string of the molecule is CCOC1CC(NC2CC(C)C2)C1(C)C. The van der Waals surface area contributed by atoms with Crippen molar-refractivity contribution in [2.24, 2.45) is 11.3 Å². The predicted molar refractivity (Wildman–Crippen MR) is 62.9 cm³/mol. The van der Waals surface area contributed by atoms with Gasteiger partial charge in [0.2, 0.25) is 0 Å². The lowest BCUT2D eigenvalue weighted by atomic mass is 9.63. The van der Waals surface area contributed by atoms with Gasteiger partial charge in [0.05, 0.1) is 6.10 Å². The summed E-state index contributed by atoms with van der Waals surface area (Å²) in [5, 5.41) is 3.78. The van der Waals surface area contributed by atoms with E-state index in [9.17, 15) is 0 Å². The summed E-state index contributed by atoms with van der Waals surface area (Å²) < 4.78 is 5.74. The molecule has 2 rings (SSSR count). The summed E-state index contributed by atoms with van der Waals surface area (Å²) in [6, 6.07) is 1.46. The summed E-state index contributed by atoms with van der Waals surface area (Å²) in [7, 11) is 0. The van der Waals surface area contributed by atoms with Crippen molar-refractivity contribution in [1.82, 2.24) is 5.32 Å². The molecule has 1 N–H and O–H groups in total. The van der Waals surface area contributed by atoms with Gasteiger partial charge in [-0.2, -0.15) is 0 Å². The molecule has 2 aliphatic carbocycles. The Morgan fingerprint density at radius 2 is 1.93 bits per heavy atom. The van der Waals surface area contributed by atoms with Gasteiger partial charge in [0.25, 0.3) is 0 Å². The minimum absolute atomic E-state index is 0.328. The molecule has 0 bridgehead atoms. The van der Waals surface area contributed by atoms with Crippen molar-refractivity contribution in [3.63, 3.8) is 0 Å². The van der Waals surface area contributed by atoms with Crippen LogP contribution < -0.4 is 5.32 Å². The van der Waals surface area contributed by atoms with Crippen LogP contribution in [-0.2, 0) is 4.74 Å². The molecule has 0 saturated heterocycles. The van der Waals surface area contributed by atoms with Crippen LogP contribution in [-0.4, -0.2) is 24.8 Å². The fourth-order valence-corrected chi connectivity index (χ4v) is 2.98. The highest BCUT2D eigenvalue weighted by Crippen LogP contribution is 2.44. The number of ether oxygens (including phenoxy) is 1. The largest absolute Gasteiger partial charge is 0.378 e. The van der Waals surface area contributed by atoms with E-state index in [0.29, 0.717) is 17.6 Å². The fourth-order valence-electron chi connectivity index (χ4n) is 2.98. The molecule has 0 spiro atoms. The zero-order valence-corrected chi connectivity index (χ0v) is 10.5. The zero-order chi connectivity index (χ0) is 11.1. The molecule has 0 amide bonds.